The van der Waals surface area contributed by atoms with E-state index in [1.807, 2.05) is 33.9 Å². The molecule has 170 valence electrons. The monoisotopic (exact) mass is 528 g/mol. The van der Waals surface area contributed by atoms with E-state index in [1.165, 1.54) is 4.90 Å². The Bertz CT molecular complexity index is 920. The second-order valence-corrected chi connectivity index (χ2v) is 16.6. The highest BCUT2D eigenvalue weighted by molar-refractivity contribution is 9.09. The number of carbonyl (C=O) groups excluding carboxylic acids is 3. The van der Waals surface area contributed by atoms with Crippen LogP contribution >= 0.6 is 15.9 Å². The number of alkyl halides is 1. The minimum Gasteiger partial charge on any atom is -0.519 e. The number of halogens is 1. The average molecular weight is 530 g/mol. The van der Waals surface area contributed by atoms with E-state index >= 15 is 0 Å². The number of benzene rings is 1. The summed E-state index contributed by atoms with van der Waals surface area (Å²) in [5.74, 6) is -1.04. The molecule has 7 nitrogen and oxygen atoms in total. The van der Waals surface area contributed by atoms with Crippen molar-refractivity contribution in [3.05, 3.63) is 35.9 Å². The number of β-lactam (4-membered cyclic amide) rings is 1. The molecule has 0 aromatic heterocycles. The van der Waals surface area contributed by atoms with Gasteiger partial charge in [-0.15, -0.1) is 0 Å². The Morgan fingerprint density at radius 1 is 1.29 bits per heavy atom. The summed E-state index contributed by atoms with van der Waals surface area (Å²) in [6.45, 7) is 10.2. The molecule has 2 fully saturated rings. The van der Waals surface area contributed by atoms with Gasteiger partial charge in [-0.1, -0.05) is 54.9 Å². The predicted molar refractivity (Wildman–Crippen MR) is 126 cm³/mol. The number of fused-ring (bicyclic) bond motifs is 1. The maximum Gasteiger partial charge on any atom is 0.302 e. The molecule has 0 bridgehead atoms. The molecular weight excluding hydrogens is 500 g/mol. The number of carbonyl (C=O) groups is 3. The number of hydrogen-bond donors (Lipinski definition) is 1. The van der Waals surface area contributed by atoms with E-state index in [9.17, 15) is 18.6 Å². The fourth-order valence-corrected chi connectivity index (χ4v) is 7.24. The lowest BCUT2D eigenvalue weighted by Gasteiger charge is -2.54. The van der Waals surface area contributed by atoms with Gasteiger partial charge in [0.15, 0.2) is 0 Å². The molecule has 2 heterocycles. The van der Waals surface area contributed by atoms with Crippen LogP contribution in [0.25, 0.3) is 0 Å². The van der Waals surface area contributed by atoms with Crippen molar-refractivity contribution >= 4 is 52.8 Å². The second-order valence-electron chi connectivity index (χ2n) is 9.76. The quantitative estimate of drug-likeness (QED) is 0.360. The van der Waals surface area contributed by atoms with Gasteiger partial charge >= 0.3 is 5.97 Å². The number of nitrogens with zero attached hydrogens (tertiary/aromatic N) is 1. The van der Waals surface area contributed by atoms with E-state index in [0.29, 0.717) is 5.56 Å². The Morgan fingerprint density at radius 3 is 2.45 bits per heavy atom. The van der Waals surface area contributed by atoms with Gasteiger partial charge < -0.3 is 14.6 Å². The summed E-state index contributed by atoms with van der Waals surface area (Å²) in [5.41, 5.74) is -0.635. The fraction of sp³-hybridized carbons (Fsp3) is 0.571. The molecule has 2 saturated heterocycles. The maximum absolute atomic E-state index is 13.2. The highest BCUT2D eigenvalue weighted by atomic mass is 79.9. The molecular formula is C21H29BrN2O5SSi. The Labute approximate surface area is 195 Å². The molecule has 2 aliphatic heterocycles. The van der Waals surface area contributed by atoms with Gasteiger partial charge in [-0.2, -0.15) is 0 Å². The lowest BCUT2D eigenvalue weighted by atomic mass is 9.89. The molecule has 0 saturated carbocycles. The molecule has 1 aromatic carbocycles. The molecule has 2 amide bonds. The topological polar surface area (TPSA) is 92.8 Å². The molecule has 0 radical (unpaired) electrons. The number of rotatable bonds is 5. The smallest absolute Gasteiger partial charge is 0.302 e. The third-order valence-electron chi connectivity index (χ3n) is 6.47. The first-order chi connectivity index (χ1) is 14.3. The van der Waals surface area contributed by atoms with Crippen molar-refractivity contribution in [3.8, 4) is 0 Å². The van der Waals surface area contributed by atoms with Crippen molar-refractivity contribution in [2.45, 2.75) is 50.3 Å². The molecule has 1 aromatic rings. The lowest BCUT2D eigenvalue weighted by Crippen LogP contribution is -2.77. The molecule has 31 heavy (non-hydrogen) atoms. The van der Waals surface area contributed by atoms with Crippen molar-refractivity contribution < 1.29 is 23.0 Å². The molecule has 3 unspecified atom stereocenters. The van der Waals surface area contributed by atoms with E-state index in [0.717, 1.165) is 0 Å². The molecule has 0 aliphatic carbocycles. The predicted octanol–water partition coefficient (Wildman–Crippen LogP) is 2.65. The average Bonchev–Trinajstić information content (AvgIpc) is 2.70. The first-order valence-corrected chi connectivity index (χ1v) is 15.6. The molecule has 4 atom stereocenters. The Balaban J connectivity index is 1.75. The van der Waals surface area contributed by atoms with Crippen LogP contribution in [-0.4, -0.2) is 64.3 Å². The van der Waals surface area contributed by atoms with Crippen molar-refractivity contribution in [1.29, 1.82) is 0 Å². The van der Waals surface area contributed by atoms with Crippen LogP contribution in [0.4, 0.5) is 0 Å². The van der Waals surface area contributed by atoms with Crippen molar-refractivity contribution in [2.24, 2.45) is 5.41 Å². The van der Waals surface area contributed by atoms with Crippen molar-refractivity contribution in [3.63, 3.8) is 0 Å². The SMILES string of the molecule is CC(C)(C)[Si](C)(C)OC(=O)C1(CBr)CN2C(=O)C(NC(=O)c3ccccc3)[C@H]2S(=O)C1. The highest BCUT2D eigenvalue weighted by Gasteiger charge is 2.61. The minimum atomic E-state index is -2.38. The van der Waals surface area contributed by atoms with Crippen molar-refractivity contribution in [2.75, 3.05) is 17.6 Å². The Morgan fingerprint density at radius 2 is 1.90 bits per heavy atom. The summed E-state index contributed by atoms with van der Waals surface area (Å²) in [6.07, 6.45) is 0. The summed E-state index contributed by atoms with van der Waals surface area (Å²) in [7, 11) is -3.89. The van der Waals surface area contributed by atoms with Gasteiger partial charge in [0, 0.05) is 34.0 Å². The summed E-state index contributed by atoms with van der Waals surface area (Å²) in [4.78, 5) is 39.9. The standard InChI is InChI=1S/C21H29BrN2O5SSi/c1-20(2,3)31(4,5)29-19(27)21(11-22)12-24-17(26)15(18(24)30(28)13-21)23-16(25)14-9-7-6-8-10-14/h6-10,15,18H,11-13H2,1-5H3,(H,23,25)/t15?,18-,21?,30?/m1/s1. The molecule has 2 aliphatic rings. The summed E-state index contributed by atoms with van der Waals surface area (Å²) >= 11 is 3.40. The van der Waals surface area contributed by atoms with Gasteiger partial charge in [0.1, 0.15) is 16.8 Å². The van der Waals surface area contributed by atoms with Crippen LogP contribution in [0.3, 0.4) is 0 Å². The van der Waals surface area contributed by atoms with Crippen LogP contribution in [0.15, 0.2) is 30.3 Å². The van der Waals surface area contributed by atoms with Crippen molar-refractivity contribution in [1.82, 2.24) is 10.2 Å². The molecule has 10 heteroatoms. The molecule has 1 N–H and O–H groups in total. The second kappa shape index (κ2) is 8.44. The zero-order valence-corrected chi connectivity index (χ0v) is 21.8. The number of amides is 2. The lowest BCUT2D eigenvalue weighted by molar-refractivity contribution is -0.155. The Kier molecular flexibility index (Phi) is 6.57. The van der Waals surface area contributed by atoms with E-state index in [1.54, 1.807) is 30.3 Å². The largest absolute Gasteiger partial charge is 0.519 e. The van der Waals surface area contributed by atoms with Crippen LogP contribution in [0.2, 0.25) is 18.1 Å². The van der Waals surface area contributed by atoms with Crippen LogP contribution in [0, 0.1) is 5.41 Å². The van der Waals surface area contributed by atoms with E-state index in [-0.39, 0.29) is 34.5 Å². The zero-order valence-electron chi connectivity index (χ0n) is 18.4. The van der Waals surface area contributed by atoms with Crippen LogP contribution < -0.4 is 5.32 Å². The van der Waals surface area contributed by atoms with Crippen LogP contribution in [0.5, 0.6) is 0 Å². The van der Waals surface area contributed by atoms with Crippen LogP contribution in [0.1, 0.15) is 31.1 Å². The third kappa shape index (κ3) is 4.38. The first-order valence-electron chi connectivity index (χ1n) is 10.2. The fourth-order valence-electron chi connectivity index (χ4n) is 3.41. The minimum absolute atomic E-state index is 0.0812. The maximum atomic E-state index is 13.2. The van der Waals surface area contributed by atoms with Gasteiger partial charge in [-0.3, -0.25) is 18.6 Å². The highest BCUT2D eigenvalue weighted by Crippen LogP contribution is 2.42. The zero-order chi connectivity index (χ0) is 23.2. The van der Waals surface area contributed by atoms with Gasteiger partial charge in [0.05, 0.1) is 0 Å². The summed E-state index contributed by atoms with van der Waals surface area (Å²) in [5, 5.41) is 2.16. The van der Waals surface area contributed by atoms with E-state index in [4.69, 9.17) is 4.43 Å². The van der Waals surface area contributed by atoms with Gasteiger partial charge in [0.2, 0.25) is 5.91 Å². The third-order valence-corrected chi connectivity index (χ3v) is 13.8. The van der Waals surface area contributed by atoms with Gasteiger partial charge in [-0.25, -0.2) is 0 Å². The summed E-state index contributed by atoms with van der Waals surface area (Å²) in [6, 6.07) is 7.73. The van der Waals surface area contributed by atoms with Gasteiger partial charge in [-0.05, 0) is 30.3 Å². The first kappa shape index (κ1) is 24.1. The van der Waals surface area contributed by atoms with E-state index in [2.05, 4.69) is 21.2 Å². The van der Waals surface area contributed by atoms with Crippen LogP contribution in [-0.2, 0) is 24.8 Å². The normalized spacial score (nSPS) is 28.4. The molecule has 3 rings (SSSR count). The summed E-state index contributed by atoms with van der Waals surface area (Å²) < 4.78 is 19.1. The Hall–Kier alpha value is -1.52. The van der Waals surface area contributed by atoms with Gasteiger partial charge in [0.25, 0.3) is 14.2 Å². The van der Waals surface area contributed by atoms with E-state index < -0.39 is 41.9 Å². The number of hydrogen-bond acceptors (Lipinski definition) is 5. The number of nitrogens with one attached hydrogen (secondary N) is 1. The molecule has 0 spiro atoms.